The zero-order valence-corrected chi connectivity index (χ0v) is 9.98. The molecule has 17 heavy (non-hydrogen) atoms. The highest BCUT2D eigenvalue weighted by Crippen LogP contribution is 2.17. The van der Waals surface area contributed by atoms with E-state index in [0.29, 0.717) is 4.90 Å². The second-order valence-electron chi connectivity index (χ2n) is 3.20. The number of ether oxygens (including phenoxy) is 1. The first-order valence-corrected chi connectivity index (χ1v) is 5.31. The monoisotopic (exact) mass is 275 g/mol. The van der Waals surface area contributed by atoms with E-state index in [1.807, 2.05) is 0 Å². The topological polar surface area (TPSA) is 46.6 Å². The molecule has 0 atom stereocenters. The molecule has 0 heterocycles. The van der Waals surface area contributed by atoms with E-state index in [1.54, 1.807) is 0 Å². The summed E-state index contributed by atoms with van der Waals surface area (Å²) < 4.78 is 40.8. The molecule has 0 aliphatic carbocycles. The number of methoxy groups -OCH3 is 1. The van der Waals surface area contributed by atoms with Crippen molar-refractivity contribution in [3.63, 3.8) is 0 Å². The van der Waals surface area contributed by atoms with Gasteiger partial charge in [0.05, 0.1) is 13.5 Å². The smallest absolute Gasteiger partial charge is 0.406 e. The summed E-state index contributed by atoms with van der Waals surface area (Å²) in [5.41, 5.74) is 0. The normalized spacial score (nSPS) is 11.1. The molecule has 0 saturated heterocycles. The average Bonchev–Trinajstić information content (AvgIpc) is 2.22. The Morgan fingerprint density at radius 3 is 2.29 bits per heavy atom. The summed E-state index contributed by atoms with van der Waals surface area (Å²) in [6, 6.07) is 0. The van der Waals surface area contributed by atoms with E-state index < -0.39 is 24.6 Å². The minimum absolute atomic E-state index is 0.0641. The van der Waals surface area contributed by atoms with E-state index in [4.69, 9.17) is 11.6 Å². The summed E-state index contributed by atoms with van der Waals surface area (Å²) in [4.78, 5) is 22.7. The van der Waals surface area contributed by atoms with Crippen molar-refractivity contribution in [1.29, 1.82) is 0 Å². The van der Waals surface area contributed by atoms with Gasteiger partial charge in [0.2, 0.25) is 5.91 Å². The molecule has 0 aromatic rings. The summed E-state index contributed by atoms with van der Waals surface area (Å²) in [5.74, 6) is -1.47. The SMILES string of the molecule is COC(=O)CCN(CC(F)(F)F)C(=O)CCCl. The van der Waals surface area contributed by atoms with Gasteiger partial charge in [-0.1, -0.05) is 0 Å². The second-order valence-corrected chi connectivity index (χ2v) is 3.57. The fraction of sp³-hybridized carbons (Fsp3) is 0.778. The highest BCUT2D eigenvalue weighted by molar-refractivity contribution is 6.18. The molecule has 0 N–H and O–H groups in total. The molecule has 8 heteroatoms. The van der Waals surface area contributed by atoms with Crippen LogP contribution in [0.15, 0.2) is 0 Å². The Kier molecular flexibility index (Phi) is 6.94. The van der Waals surface area contributed by atoms with Crippen molar-refractivity contribution >= 4 is 23.5 Å². The number of carbonyl (C=O) groups excluding carboxylic acids is 2. The first-order valence-electron chi connectivity index (χ1n) is 4.77. The summed E-state index contributed by atoms with van der Waals surface area (Å²) >= 11 is 5.28. The molecule has 0 rings (SSSR count). The van der Waals surface area contributed by atoms with E-state index in [9.17, 15) is 22.8 Å². The van der Waals surface area contributed by atoms with Gasteiger partial charge in [0, 0.05) is 18.8 Å². The Hall–Kier alpha value is -0.980. The molecule has 0 spiro atoms. The summed E-state index contributed by atoms with van der Waals surface area (Å²) in [6.45, 7) is -1.72. The van der Waals surface area contributed by atoms with Crippen molar-refractivity contribution < 1.29 is 27.5 Å². The Balaban J connectivity index is 4.40. The van der Waals surface area contributed by atoms with Crippen LogP contribution in [0.1, 0.15) is 12.8 Å². The van der Waals surface area contributed by atoms with Gasteiger partial charge in [-0.05, 0) is 0 Å². The van der Waals surface area contributed by atoms with Gasteiger partial charge in [-0.3, -0.25) is 9.59 Å². The lowest BCUT2D eigenvalue weighted by atomic mass is 10.3. The number of amides is 1. The maximum absolute atomic E-state index is 12.2. The minimum Gasteiger partial charge on any atom is -0.469 e. The van der Waals surface area contributed by atoms with Gasteiger partial charge >= 0.3 is 12.1 Å². The lowest BCUT2D eigenvalue weighted by Gasteiger charge is -2.23. The number of alkyl halides is 4. The molecule has 0 fully saturated rings. The Labute approximate surface area is 102 Å². The standard InChI is InChI=1S/C9H13ClF3NO3/c1-17-8(16)3-5-14(6-9(11,12)13)7(15)2-4-10/h2-6H2,1H3. The van der Waals surface area contributed by atoms with Crippen LogP contribution in [0.3, 0.4) is 0 Å². The van der Waals surface area contributed by atoms with Crippen LogP contribution in [0.4, 0.5) is 13.2 Å². The number of esters is 1. The Bertz CT molecular complexity index is 271. The zero-order valence-electron chi connectivity index (χ0n) is 9.22. The molecule has 0 bridgehead atoms. The lowest BCUT2D eigenvalue weighted by molar-refractivity contribution is -0.162. The summed E-state index contributed by atoms with van der Waals surface area (Å²) in [5, 5.41) is 0. The van der Waals surface area contributed by atoms with Gasteiger partial charge in [-0.15, -0.1) is 11.6 Å². The molecule has 0 aromatic heterocycles. The molecule has 4 nitrogen and oxygen atoms in total. The summed E-state index contributed by atoms with van der Waals surface area (Å²) in [7, 11) is 1.12. The maximum Gasteiger partial charge on any atom is 0.406 e. The predicted molar refractivity (Wildman–Crippen MR) is 54.6 cm³/mol. The predicted octanol–water partition coefficient (Wildman–Crippen LogP) is 1.57. The van der Waals surface area contributed by atoms with E-state index >= 15 is 0 Å². The molecule has 0 unspecified atom stereocenters. The van der Waals surface area contributed by atoms with E-state index in [1.165, 1.54) is 0 Å². The van der Waals surface area contributed by atoms with E-state index in [-0.39, 0.29) is 25.3 Å². The Morgan fingerprint density at radius 2 is 1.88 bits per heavy atom. The fourth-order valence-electron chi connectivity index (χ4n) is 1.08. The van der Waals surface area contributed by atoms with Crippen molar-refractivity contribution in [2.45, 2.75) is 19.0 Å². The Morgan fingerprint density at radius 1 is 1.29 bits per heavy atom. The van der Waals surface area contributed by atoms with Crippen LogP contribution < -0.4 is 0 Å². The quantitative estimate of drug-likeness (QED) is 0.546. The summed E-state index contributed by atoms with van der Waals surface area (Å²) in [6.07, 6.45) is -4.97. The average molecular weight is 276 g/mol. The van der Waals surface area contributed by atoms with Crippen LogP contribution in [0.5, 0.6) is 0 Å². The molecule has 0 saturated carbocycles. The number of halogens is 4. The number of carbonyl (C=O) groups is 2. The van der Waals surface area contributed by atoms with Crippen molar-refractivity contribution in [3.8, 4) is 0 Å². The zero-order chi connectivity index (χ0) is 13.5. The highest BCUT2D eigenvalue weighted by Gasteiger charge is 2.32. The highest BCUT2D eigenvalue weighted by atomic mass is 35.5. The van der Waals surface area contributed by atoms with E-state index in [2.05, 4.69) is 4.74 Å². The maximum atomic E-state index is 12.2. The van der Waals surface area contributed by atoms with Gasteiger partial charge in [0.1, 0.15) is 6.54 Å². The van der Waals surface area contributed by atoms with Crippen LogP contribution in [0.25, 0.3) is 0 Å². The molecular formula is C9H13ClF3NO3. The molecule has 0 aliphatic heterocycles. The van der Waals surface area contributed by atoms with Crippen molar-refractivity contribution in [1.82, 2.24) is 4.90 Å². The number of rotatable bonds is 6. The van der Waals surface area contributed by atoms with Crippen molar-refractivity contribution in [3.05, 3.63) is 0 Å². The molecule has 0 radical (unpaired) electrons. The molecular weight excluding hydrogens is 263 g/mol. The van der Waals surface area contributed by atoms with Gasteiger partial charge in [0.15, 0.2) is 0 Å². The largest absolute Gasteiger partial charge is 0.469 e. The van der Waals surface area contributed by atoms with Gasteiger partial charge in [-0.2, -0.15) is 13.2 Å². The molecule has 0 aliphatic rings. The fourth-order valence-corrected chi connectivity index (χ4v) is 1.24. The van der Waals surface area contributed by atoms with E-state index in [0.717, 1.165) is 7.11 Å². The molecule has 1 amide bonds. The number of nitrogens with zero attached hydrogens (tertiary/aromatic N) is 1. The van der Waals surface area contributed by atoms with Crippen LogP contribution >= 0.6 is 11.6 Å². The third kappa shape index (κ3) is 7.84. The first kappa shape index (κ1) is 16.0. The lowest BCUT2D eigenvalue weighted by Crippen LogP contribution is -2.40. The van der Waals surface area contributed by atoms with Gasteiger partial charge in [-0.25, -0.2) is 0 Å². The van der Waals surface area contributed by atoms with Crippen LogP contribution in [-0.4, -0.2) is 49.0 Å². The molecule has 100 valence electrons. The first-order chi connectivity index (χ1) is 7.80. The molecule has 0 aromatic carbocycles. The third-order valence-electron chi connectivity index (χ3n) is 1.84. The van der Waals surface area contributed by atoms with Crippen LogP contribution in [0, 0.1) is 0 Å². The number of hydrogen-bond donors (Lipinski definition) is 0. The minimum atomic E-state index is -4.50. The van der Waals surface area contributed by atoms with Crippen molar-refractivity contribution in [2.24, 2.45) is 0 Å². The number of hydrogen-bond acceptors (Lipinski definition) is 3. The second kappa shape index (κ2) is 7.37. The third-order valence-corrected chi connectivity index (χ3v) is 2.03. The van der Waals surface area contributed by atoms with Gasteiger partial charge < -0.3 is 9.64 Å². The van der Waals surface area contributed by atoms with Gasteiger partial charge in [0.25, 0.3) is 0 Å². The van der Waals surface area contributed by atoms with Crippen LogP contribution in [-0.2, 0) is 14.3 Å². The van der Waals surface area contributed by atoms with Crippen molar-refractivity contribution in [2.75, 3.05) is 26.1 Å². The van der Waals surface area contributed by atoms with Crippen LogP contribution in [0.2, 0.25) is 0 Å².